The Hall–Kier alpha value is -1.72. The number of rotatable bonds is 10. The predicted octanol–water partition coefficient (Wildman–Crippen LogP) is 2.62. The molecule has 0 saturated carbocycles. The molecule has 1 heterocycles. The summed E-state index contributed by atoms with van der Waals surface area (Å²) in [5.74, 6) is 0.123. The van der Waals surface area contributed by atoms with Gasteiger partial charge in [0, 0.05) is 17.8 Å². The van der Waals surface area contributed by atoms with E-state index < -0.39 is 0 Å². The third kappa shape index (κ3) is 5.65. The molecule has 21 heavy (non-hydrogen) atoms. The Kier molecular flexibility index (Phi) is 6.91. The van der Waals surface area contributed by atoms with Crippen LogP contribution >= 0.6 is 11.3 Å². The average molecular weight is 304 g/mol. The van der Waals surface area contributed by atoms with E-state index in [-0.39, 0.29) is 5.92 Å². The van der Waals surface area contributed by atoms with E-state index in [1.807, 2.05) is 11.4 Å². The number of ether oxygens (including phenoxy) is 1. The van der Waals surface area contributed by atoms with E-state index in [2.05, 4.69) is 34.6 Å². The number of benzene rings is 1. The highest BCUT2D eigenvalue weighted by atomic mass is 32.1. The fraction of sp³-hybridized carbons (Fsp3) is 0.375. The number of carbonyl (C=O) groups is 1. The largest absolute Gasteiger partial charge is 0.467 e. The number of hydrogen-bond acceptors (Lipinski definition) is 5. The SMILES string of the molecule is O=COCC(CNCCCc1ccccc1)c1cscn1. The van der Waals surface area contributed by atoms with Crippen LogP contribution in [0.15, 0.2) is 41.2 Å². The molecule has 0 saturated heterocycles. The molecule has 1 unspecified atom stereocenters. The fourth-order valence-corrected chi connectivity index (χ4v) is 2.80. The number of aryl methyl sites for hydroxylation is 1. The van der Waals surface area contributed by atoms with Gasteiger partial charge in [-0.25, -0.2) is 4.98 Å². The van der Waals surface area contributed by atoms with Crippen LogP contribution in [0.3, 0.4) is 0 Å². The van der Waals surface area contributed by atoms with Gasteiger partial charge >= 0.3 is 0 Å². The number of nitrogens with zero attached hydrogens (tertiary/aromatic N) is 1. The highest BCUT2D eigenvalue weighted by molar-refractivity contribution is 7.07. The average Bonchev–Trinajstić information content (AvgIpc) is 3.05. The molecule has 1 atom stereocenters. The van der Waals surface area contributed by atoms with E-state index in [1.165, 1.54) is 5.56 Å². The minimum Gasteiger partial charge on any atom is -0.467 e. The Morgan fingerprint density at radius 2 is 2.19 bits per heavy atom. The minimum absolute atomic E-state index is 0.123. The lowest BCUT2D eigenvalue weighted by molar-refractivity contribution is -0.129. The standard InChI is InChI=1S/C16H20N2O2S/c19-13-20-10-15(16-11-21-12-18-16)9-17-8-4-7-14-5-2-1-3-6-14/h1-3,5-6,11-13,15,17H,4,7-10H2. The molecule has 1 N–H and O–H groups in total. The van der Waals surface area contributed by atoms with Gasteiger partial charge < -0.3 is 10.1 Å². The lowest BCUT2D eigenvalue weighted by Crippen LogP contribution is -2.26. The van der Waals surface area contributed by atoms with Crippen LogP contribution in [-0.4, -0.2) is 31.2 Å². The first kappa shape index (κ1) is 15.7. The Morgan fingerprint density at radius 1 is 1.33 bits per heavy atom. The van der Waals surface area contributed by atoms with Gasteiger partial charge in [0.2, 0.25) is 0 Å². The molecule has 5 heteroatoms. The summed E-state index contributed by atoms with van der Waals surface area (Å²) in [4.78, 5) is 14.7. The Morgan fingerprint density at radius 3 is 2.90 bits per heavy atom. The van der Waals surface area contributed by atoms with Crippen molar-refractivity contribution in [2.75, 3.05) is 19.7 Å². The first-order valence-corrected chi connectivity index (χ1v) is 8.02. The van der Waals surface area contributed by atoms with Gasteiger partial charge in [-0.1, -0.05) is 30.3 Å². The summed E-state index contributed by atoms with van der Waals surface area (Å²) in [6, 6.07) is 10.5. The van der Waals surface area contributed by atoms with E-state index in [9.17, 15) is 4.79 Å². The van der Waals surface area contributed by atoms with E-state index in [0.29, 0.717) is 13.1 Å². The normalized spacial score (nSPS) is 12.0. The van der Waals surface area contributed by atoms with E-state index in [1.54, 1.807) is 16.8 Å². The maximum absolute atomic E-state index is 10.4. The van der Waals surface area contributed by atoms with Gasteiger partial charge in [0.15, 0.2) is 0 Å². The Labute approximate surface area is 129 Å². The zero-order chi connectivity index (χ0) is 14.8. The van der Waals surface area contributed by atoms with Gasteiger partial charge in [-0.05, 0) is 24.9 Å². The summed E-state index contributed by atoms with van der Waals surface area (Å²) >= 11 is 1.56. The molecule has 2 rings (SSSR count). The third-order valence-electron chi connectivity index (χ3n) is 3.29. The van der Waals surface area contributed by atoms with Crippen molar-refractivity contribution >= 4 is 17.8 Å². The van der Waals surface area contributed by atoms with Crippen LogP contribution in [0.5, 0.6) is 0 Å². The molecular formula is C16H20N2O2S. The molecule has 112 valence electrons. The fourth-order valence-electron chi connectivity index (χ4n) is 2.17. The van der Waals surface area contributed by atoms with Gasteiger partial charge in [-0.3, -0.25) is 4.79 Å². The molecule has 0 bridgehead atoms. The molecule has 1 aromatic heterocycles. The molecular weight excluding hydrogens is 284 g/mol. The van der Waals surface area contributed by atoms with Crippen molar-refractivity contribution in [1.82, 2.24) is 10.3 Å². The van der Waals surface area contributed by atoms with Crippen molar-refractivity contribution in [3.05, 3.63) is 52.5 Å². The quantitative estimate of drug-likeness (QED) is 0.541. The molecule has 0 aliphatic heterocycles. The van der Waals surface area contributed by atoms with Crippen molar-refractivity contribution in [2.45, 2.75) is 18.8 Å². The highest BCUT2D eigenvalue weighted by Crippen LogP contribution is 2.15. The lowest BCUT2D eigenvalue weighted by atomic mass is 10.1. The summed E-state index contributed by atoms with van der Waals surface area (Å²) in [5, 5.41) is 5.43. The molecule has 4 nitrogen and oxygen atoms in total. The third-order valence-corrected chi connectivity index (χ3v) is 3.89. The molecule has 1 aromatic carbocycles. The van der Waals surface area contributed by atoms with Crippen LogP contribution in [0.2, 0.25) is 0 Å². The topological polar surface area (TPSA) is 51.2 Å². The molecule has 0 aliphatic carbocycles. The van der Waals surface area contributed by atoms with Gasteiger partial charge in [0.1, 0.15) is 6.61 Å². The zero-order valence-corrected chi connectivity index (χ0v) is 12.7. The Bertz CT molecular complexity index is 502. The first-order valence-electron chi connectivity index (χ1n) is 7.08. The number of aromatic nitrogens is 1. The second-order valence-corrected chi connectivity index (χ2v) is 5.55. The van der Waals surface area contributed by atoms with Gasteiger partial charge in [-0.2, -0.15) is 0 Å². The van der Waals surface area contributed by atoms with E-state index in [4.69, 9.17) is 4.74 Å². The van der Waals surface area contributed by atoms with Crippen molar-refractivity contribution < 1.29 is 9.53 Å². The second-order valence-electron chi connectivity index (χ2n) is 4.83. The van der Waals surface area contributed by atoms with Gasteiger partial charge in [0.25, 0.3) is 6.47 Å². The number of nitrogens with one attached hydrogen (secondary N) is 1. The summed E-state index contributed by atoms with van der Waals surface area (Å²) < 4.78 is 4.89. The van der Waals surface area contributed by atoms with Gasteiger partial charge in [0.05, 0.1) is 11.2 Å². The molecule has 0 aliphatic rings. The summed E-state index contributed by atoms with van der Waals surface area (Å²) in [6.45, 7) is 2.58. The monoisotopic (exact) mass is 304 g/mol. The number of carbonyl (C=O) groups excluding carboxylic acids is 1. The van der Waals surface area contributed by atoms with Crippen LogP contribution in [-0.2, 0) is 16.0 Å². The van der Waals surface area contributed by atoms with Gasteiger partial charge in [-0.15, -0.1) is 11.3 Å². The highest BCUT2D eigenvalue weighted by Gasteiger charge is 2.13. The molecule has 0 amide bonds. The van der Waals surface area contributed by atoms with Crippen LogP contribution in [0.25, 0.3) is 0 Å². The van der Waals surface area contributed by atoms with Crippen molar-refractivity contribution in [3.63, 3.8) is 0 Å². The first-order chi connectivity index (χ1) is 10.4. The van der Waals surface area contributed by atoms with E-state index >= 15 is 0 Å². The van der Waals surface area contributed by atoms with Crippen LogP contribution in [0, 0.1) is 0 Å². The minimum atomic E-state index is 0.123. The zero-order valence-electron chi connectivity index (χ0n) is 11.9. The summed E-state index contributed by atoms with van der Waals surface area (Å²) in [5.41, 5.74) is 4.15. The smallest absolute Gasteiger partial charge is 0.293 e. The molecule has 2 aromatic rings. The van der Waals surface area contributed by atoms with Crippen molar-refractivity contribution in [3.8, 4) is 0 Å². The summed E-state index contributed by atoms with van der Waals surface area (Å²) in [6.07, 6.45) is 2.16. The van der Waals surface area contributed by atoms with E-state index in [0.717, 1.165) is 31.6 Å². The van der Waals surface area contributed by atoms with Crippen molar-refractivity contribution in [2.24, 2.45) is 0 Å². The lowest BCUT2D eigenvalue weighted by Gasteiger charge is -2.14. The number of thiazole rings is 1. The predicted molar refractivity (Wildman–Crippen MR) is 84.5 cm³/mol. The van der Waals surface area contributed by atoms with Crippen LogP contribution in [0.4, 0.5) is 0 Å². The van der Waals surface area contributed by atoms with Crippen LogP contribution < -0.4 is 5.32 Å². The van der Waals surface area contributed by atoms with Crippen molar-refractivity contribution in [1.29, 1.82) is 0 Å². The second kappa shape index (κ2) is 9.26. The number of hydrogen-bond donors (Lipinski definition) is 1. The molecule has 0 spiro atoms. The molecule has 0 radical (unpaired) electrons. The maximum Gasteiger partial charge on any atom is 0.293 e. The summed E-state index contributed by atoms with van der Waals surface area (Å²) in [7, 11) is 0. The maximum atomic E-state index is 10.4. The molecule has 0 fully saturated rings. The van der Waals surface area contributed by atoms with Crippen LogP contribution in [0.1, 0.15) is 23.6 Å². The Balaban J connectivity index is 1.68.